The summed E-state index contributed by atoms with van der Waals surface area (Å²) in [5.74, 6) is 1.49. The van der Waals surface area contributed by atoms with E-state index in [9.17, 15) is 5.11 Å². The van der Waals surface area contributed by atoms with Crippen molar-refractivity contribution >= 4 is 15.9 Å². The highest BCUT2D eigenvalue weighted by Crippen LogP contribution is 2.25. The molecule has 0 aliphatic heterocycles. The van der Waals surface area contributed by atoms with E-state index in [-0.39, 0.29) is 6.10 Å². The SMILES string of the molecule is COc1ccc(Br)c(CNCC2CCCC(O)C2)c1. The van der Waals surface area contributed by atoms with E-state index in [4.69, 9.17) is 4.74 Å². The van der Waals surface area contributed by atoms with E-state index < -0.39 is 0 Å². The summed E-state index contributed by atoms with van der Waals surface area (Å²) in [6, 6.07) is 6.01. The first-order valence-electron chi connectivity index (χ1n) is 6.90. The number of halogens is 1. The van der Waals surface area contributed by atoms with Crippen molar-refractivity contribution in [1.82, 2.24) is 5.32 Å². The molecule has 0 heterocycles. The van der Waals surface area contributed by atoms with E-state index in [1.807, 2.05) is 18.2 Å². The minimum Gasteiger partial charge on any atom is -0.497 e. The van der Waals surface area contributed by atoms with Crippen molar-refractivity contribution in [2.24, 2.45) is 5.92 Å². The van der Waals surface area contributed by atoms with Crippen molar-refractivity contribution in [1.29, 1.82) is 0 Å². The maximum Gasteiger partial charge on any atom is 0.119 e. The summed E-state index contributed by atoms with van der Waals surface area (Å²) in [6.45, 7) is 1.80. The zero-order valence-electron chi connectivity index (χ0n) is 11.4. The van der Waals surface area contributed by atoms with Crippen LogP contribution in [0.1, 0.15) is 31.2 Å². The average Bonchev–Trinajstić information content (AvgIpc) is 2.41. The lowest BCUT2D eigenvalue weighted by Crippen LogP contribution is -2.29. The van der Waals surface area contributed by atoms with Crippen LogP contribution in [0, 0.1) is 5.92 Å². The van der Waals surface area contributed by atoms with Gasteiger partial charge >= 0.3 is 0 Å². The van der Waals surface area contributed by atoms with E-state index in [1.54, 1.807) is 7.11 Å². The predicted octanol–water partition coefficient (Wildman–Crippen LogP) is 3.10. The molecule has 1 aliphatic carbocycles. The molecule has 0 radical (unpaired) electrons. The Balaban J connectivity index is 1.81. The predicted molar refractivity (Wildman–Crippen MR) is 80.4 cm³/mol. The van der Waals surface area contributed by atoms with E-state index >= 15 is 0 Å². The summed E-state index contributed by atoms with van der Waals surface area (Å²) >= 11 is 3.56. The maximum absolute atomic E-state index is 9.66. The van der Waals surface area contributed by atoms with Crippen LogP contribution in [0.4, 0.5) is 0 Å². The van der Waals surface area contributed by atoms with Crippen LogP contribution >= 0.6 is 15.9 Å². The Morgan fingerprint density at radius 1 is 1.42 bits per heavy atom. The molecule has 2 rings (SSSR count). The second-order valence-electron chi connectivity index (χ2n) is 5.27. The Morgan fingerprint density at radius 2 is 2.26 bits per heavy atom. The monoisotopic (exact) mass is 327 g/mol. The number of benzene rings is 1. The number of methoxy groups -OCH3 is 1. The molecular weight excluding hydrogens is 306 g/mol. The highest BCUT2D eigenvalue weighted by atomic mass is 79.9. The smallest absolute Gasteiger partial charge is 0.119 e. The molecule has 0 saturated heterocycles. The van der Waals surface area contributed by atoms with Crippen LogP contribution in [0.2, 0.25) is 0 Å². The molecule has 0 amide bonds. The summed E-state index contributed by atoms with van der Waals surface area (Å²) in [5, 5.41) is 13.1. The molecule has 2 atom stereocenters. The Hall–Kier alpha value is -0.580. The number of aliphatic hydroxyl groups excluding tert-OH is 1. The molecule has 4 heteroatoms. The van der Waals surface area contributed by atoms with Gasteiger partial charge in [-0.3, -0.25) is 0 Å². The van der Waals surface area contributed by atoms with Gasteiger partial charge < -0.3 is 15.2 Å². The molecule has 1 aliphatic rings. The fourth-order valence-corrected chi connectivity index (χ4v) is 3.06. The van der Waals surface area contributed by atoms with Gasteiger partial charge in [0.05, 0.1) is 13.2 Å². The molecule has 0 bridgehead atoms. The van der Waals surface area contributed by atoms with Gasteiger partial charge in [0, 0.05) is 11.0 Å². The Bertz CT molecular complexity index is 411. The molecule has 19 heavy (non-hydrogen) atoms. The zero-order valence-corrected chi connectivity index (χ0v) is 12.9. The van der Waals surface area contributed by atoms with Gasteiger partial charge in [-0.15, -0.1) is 0 Å². The minimum atomic E-state index is -0.0934. The molecule has 2 unspecified atom stereocenters. The third-order valence-electron chi connectivity index (χ3n) is 3.76. The Kier molecular flexibility index (Phi) is 5.67. The molecule has 0 spiro atoms. The summed E-state index contributed by atoms with van der Waals surface area (Å²) in [6.07, 6.45) is 4.19. The van der Waals surface area contributed by atoms with Crippen molar-refractivity contribution < 1.29 is 9.84 Å². The standard InChI is InChI=1S/C15H22BrNO2/c1-19-14-5-6-15(16)12(8-14)10-17-9-11-3-2-4-13(18)7-11/h5-6,8,11,13,17-18H,2-4,7,9-10H2,1H3. The number of rotatable bonds is 5. The lowest BCUT2D eigenvalue weighted by atomic mass is 9.87. The lowest BCUT2D eigenvalue weighted by molar-refractivity contribution is 0.101. The van der Waals surface area contributed by atoms with Gasteiger partial charge in [-0.1, -0.05) is 22.4 Å². The molecule has 3 nitrogen and oxygen atoms in total. The molecule has 0 aromatic heterocycles. The zero-order chi connectivity index (χ0) is 13.7. The third kappa shape index (κ3) is 4.48. The summed E-state index contributed by atoms with van der Waals surface area (Å²) < 4.78 is 6.34. The topological polar surface area (TPSA) is 41.5 Å². The fourth-order valence-electron chi connectivity index (χ4n) is 2.67. The largest absolute Gasteiger partial charge is 0.497 e. The van der Waals surface area contributed by atoms with Gasteiger partial charge in [0.2, 0.25) is 0 Å². The van der Waals surface area contributed by atoms with Crippen molar-refractivity contribution in [3.63, 3.8) is 0 Å². The van der Waals surface area contributed by atoms with Gasteiger partial charge in [0.15, 0.2) is 0 Å². The fraction of sp³-hybridized carbons (Fsp3) is 0.600. The van der Waals surface area contributed by atoms with E-state index in [0.29, 0.717) is 5.92 Å². The Morgan fingerprint density at radius 3 is 3.00 bits per heavy atom. The van der Waals surface area contributed by atoms with Crippen LogP contribution in [-0.4, -0.2) is 24.9 Å². The second-order valence-corrected chi connectivity index (χ2v) is 6.13. The molecular formula is C15H22BrNO2. The van der Waals surface area contributed by atoms with Gasteiger partial charge in [-0.25, -0.2) is 0 Å². The molecule has 1 fully saturated rings. The first kappa shape index (κ1) is 14.8. The quantitative estimate of drug-likeness (QED) is 0.873. The van der Waals surface area contributed by atoms with Crippen molar-refractivity contribution in [2.75, 3.05) is 13.7 Å². The van der Waals surface area contributed by atoms with E-state index in [1.165, 1.54) is 12.0 Å². The maximum atomic E-state index is 9.66. The number of hydrogen-bond donors (Lipinski definition) is 2. The number of hydrogen-bond acceptors (Lipinski definition) is 3. The first-order chi connectivity index (χ1) is 9.19. The Labute approximate surface area is 123 Å². The summed E-state index contributed by atoms with van der Waals surface area (Å²) in [4.78, 5) is 0. The summed E-state index contributed by atoms with van der Waals surface area (Å²) in [5.41, 5.74) is 1.20. The van der Waals surface area contributed by atoms with Gasteiger partial charge in [0.25, 0.3) is 0 Å². The van der Waals surface area contributed by atoms with Crippen LogP contribution in [-0.2, 0) is 6.54 Å². The van der Waals surface area contributed by atoms with Crippen molar-refractivity contribution in [2.45, 2.75) is 38.3 Å². The number of ether oxygens (including phenoxy) is 1. The lowest BCUT2D eigenvalue weighted by Gasteiger charge is -2.26. The summed E-state index contributed by atoms with van der Waals surface area (Å²) in [7, 11) is 1.68. The van der Waals surface area contributed by atoms with Crippen LogP contribution in [0.3, 0.4) is 0 Å². The third-order valence-corrected chi connectivity index (χ3v) is 4.53. The van der Waals surface area contributed by atoms with Crippen LogP contribution in [0.5, 0.6) is 5.75 Å². The molecule has 1 saturated carbocycles. The van der Waals surface area contributed by atoms with Crippen LogP contribution in [0.15, 0.2) is 22.7 Å². The number of nitrogens with one attached hydrogen (secondary N) is 1. The van der Waals surface area contributed by atoms with Gasteiger partial charge in [-0.05, 0) is 55.5 Å². The molecule has 106 valence electrons. The number of aliphatic hydroxyl groups is 1. The average molecular weight is 328 g/mol. The molecule has 1 aromatic rings. The van der Waals surface area contributed by atoms with Crippen molar-refractivity contribution in [3.8, 4) is 5.75 Å². The van der Waals surface area contributed by atoms with Crippen molar-refractivity contribution in [3.05, 3.63) is 28.2 Å². The van der Waals surface area contributed by atoms with E-state index in [0.717, 1.165) is 42.6 Å². The highest BCUT2D eigenvalue weighted by molar-refractivity contribution is 9.10. The highest BCUT2D eigenvalue weighted by Gasteiger charge is 2.19. The van der Waals surface area contributed by atoms with Crippen LogP contribution in [0.25, 0.3) is 0 Å². The van der Waals surface area contributed by atoms with Gasteiger partial charge in [0.1, 0.15) is 5.75 Å². The molecule has 1 aromatic carbocycles. The van der Waals surface area contributed by atoms with Gasteiger partial charge in [-0.2, -0.15) is 0 Å². The minimum absolute atomic E-state index is 0.0934. The van der Waals surface area contributed by atoms with E-state index in [2.05, 4.69) is 21.2 Å². The molecule has 2 N–H and O–H groups in total. The first-order valence-corrected chi connectivity index (χ1v) is 7.69. The second kappa shape index (κ2) is 7.27. The normalized spacial score (nSPS) is 23.3. The van der Waals surface area contributed by atoms with Crippen LogP contribution < -0.4 is 10.1 Å².